The van der Waals surface area contributed by atoms with Gasteiger partial charge in [-0.1, -0.05) is 11.6 Å². The molecule has 0 aromatic heterocycles. The SMILES string of the molecule is CC(C)=C[C@@H]1C/C(=C\CO[C@@H]2O[C@H](COC(=O)/C=C/c3ccc(O)c(O)c3)[C@@H](O)[C@H](O)[C@H]2O)C(=O)O1. The highest BCUT2D eigenvalue weighted by Crippen LogP contribution is 2.26. The van der Waals surface area contributed by atoms with Crippen LogP contribution < -0.4 is 0 Å². The number of rotatable bonds is 8. The third-order valence-electron chi connectivity index (χ3n) is 5.52. The van der Waals surface area contributed by atoms with Gasteiger partial charge < -0.3 is 44.5 Å². The second-order valence-electron chi connectivity index (χ2n) is 8.68. The molecule has 36 heavy (non-hydrogen) atoms. The first-order valence-corrected chi connectivity index (χ1v) is 11.3. The normalized spacial score (nSPS) is 29.4. The van der Waals surface area contributed by atoms with Crippen LogP contribution in [-0.2, 0) is 28.5 Å². The molecule has 0 radical (unpaired) electrons. The van der Waals surface area contributed by atoms with Crippen molar-refractivity contribution in [1.29, 1.82) is 0 Å². The standard InChI is InChI=1S/C25H30O11/c1-13(2)9-16-11-15(24(32)35-16)7-8-33-25-23(31)22(30)21(29)19(36-25)12-34-20(28)6-4-14-3-5-17(26)18(27)10-14/h3-7,9-10,16,19,21-23,25-27,29-31H,8,11-12H2,1-2H3/b6-4+,15-7+/t16-,19-,21-,22+,23-,25-/m1/s1. The van der Waals surface area contributed by atoms with Crippen molar-refractivity contribution in [3.8, 4) is 11.5 Å². The van der Waals surface area contributed by atoms with Gasteiger partial charge in [-0.15, -0.1) is 0 Å². The van der Waals surface area contributed by atoms with Gasteiger partial charge in [-0.25, -0.2) is 9.59 Å². The topological polar surface area (TPSA) is 172 Å². The van der Waals surface area contributed by atoms with Crippen LogP contribution in [0.25, 0.3) is 6.08 Å². The van der Waals surface area contributed by atoms with Crippen molar-refractivity contribution in [3.05, 3.63) is 53.1 Å². The number of hydrogen-bond donors (Lipinski definition) is 5. The quantitative estimate of drug-likeness (QED) is 0.145. The number of phenolic OH excluding ortho intramolecular Hbond substituents is 2. The largest absolute Gasteiger partial charge is 0.504 e. The summed E-state index contributed by atoms with van der Waals surface area (Å²) in [7, 11) is 0. The zero-order valence-corrected chi connectivity index (χ0v) is 19.8. The molecule has 2 fully saturated rings. The molecule has 6 atom stereocenters. The number of aromatic hydroxyl groups is 2. The fraction of sp³-hybridized carbons (Fsp3) is 0.440. The van der Waals surface area contributed by atoms with Crippen LogP contribution in [0.1, 0.15) is 25.8 Å². The molecule has 2 saturated heterocycles. The Kier molecular flexibility index (Phi) is 9.24. The van der Waals surface area contributed by atoms with Crippen molar-refractivity contribution in [1.82, 2.24) is 0 Å². The Morgan fingerprint density at radius 3 is 2.56 bits per heavy atom. The molecule has 196 valence electrons. The van der Waals surface area contributed by atoms with Gasteiger partial charge in [0, 0.05) is 18.1 Å². The average molecular weight is 507 g/mol. The second kappa shape index (κ2) is 12.2. The molecule has 2 aliphatic heterocycles. The third-order valence-corrected chi connectivity index (χ3v) is 5.52. The molecule has 0 bridgehead atoms. The monoisotopic (exact) mass is 506 g/mol. The number of esters is 2. The van der Waals surface area contributed by atoms with Crippen molar-refractivity contribution in [2.45, 2.75) is 57.1 Å². The minimum Gasteiger partial charge on any atom is -0.504 e. The lowest BCUT2D eigenvalue weighted by atomic mass is 9.99. The molecule has 0 aliphatic carbocycles. The van der Waals surface area contributed by atoms with E-state index in [1.54, 1.807) is 0 Å². The predicted molar refractivity (Wildman–Crippen MR) is 124 cm³/mol. The summed E-state index contributed by atoms with van der Waals surface area (Å²) in [6, 6.07) is 3.97. The molecule has 3 rings (SSSR count). The van der Waals surface area contributed by atoms with Crippen LogP contribution in [0.15, 0.2) is 47.6 Å². The molecular formula is C25H30O11. The number of allylic oxidation sites excluding steroid dienone is 1. The number of aliphatic hydroxyl groups excluding tert-OH is 3. The summed E-state index contributed by atoms with van der Waals surface area (Å²) in [5.41, 5.74) is 1.84. The van der Waals surface area contributed by atoms with Crippen molar-refractivity contribution >= 4 is 18.0 Å². The molecule has 2 heterocycles. The number of hydrogen-bond acceptors (Lipinski definition) is 11. The molecule has 0 unspecified atom stereocenters. The Morgan fingerprint density at radius 2 is 1.86 bits per heavy atom. The molecule has 1 aromatic carbocycles. The fourth-order valence-corrected chi connectivity index (χ4v) is 3.64. The van der Waals surface area contributed by atoms with Crippen molar-refractivity contribution in [2.75, 3.05) is 13.2 Å². The molecule has 0 saturated carbocycles. The number of benzene rings is 1. The zero-order chi connectivity index (χ0) is 26.4. The van der Waals surface area contributed by atoms with Gasteiger partial charge in [-0.05, 0) is 49.8 Å². The summed E-state index contributed by atoms with van der Waals surface area (Å²) in [5, 5.41) is 49.4. The van der Waals surface area contributed by atoms with Crippen LogP contribution >= 0.6 is 0 Å². The van der Waals surface area contributed by atoms with Gasteiger partial charge in [0.15, 0.2) is 17.8 Å². The van der Waals surface area contributed by atoms with Crippen molar-refractivity contribution < 1.29 is 54.1 Å². The van der Waals surface area contributed by atoms with E-state index in [-0.39, 0.29) is 24.2 Å². The lowest BCUT2D eigenvalue weighted by Gasteiger charge is -2.39. The smallest absolute Gasteiger partial charge is 0.334 e. The van der Waals surface area contributed by atoms with Crippen molar-refractivity contribution in [2.24, 2.45) is 0 Å². The molecule has 2 aliphatic rings. The van der Waals surface area contributed by atoms with E-state index in [0.717, 1.165) is 11.6 Å². The van der Waals surface area contributed by atoms with Crippen LogP contribution in [0, 0.1) is 0 Å². The minimum absolute atomic E-state index is 0.134. The first kappa shape index (κ1) is 27.4. The van der Waals surface area contributed by atoms with Gasteiger partial charge >= 0.3 is 11.9 Å². The molecule has 0 spiro atoms. The summed E-state index contributed by atoms with van der Waals surface area (Å²) in [4.78, 5) is 24.0. The summed E-state index contributed by atoms with van der Waals surface area (Å²) in [5.74, 6) is -1.92. The fourth-order valence-electron chi connectivity index (χ4n) is 3.64. The van der Waals surface area contributed by atoms with E-state index in [2.05, 4.69) is 0 Å². The number of carbonyl (C=O) groups excluding carboxylic acids is 2. The Labute approximate surface area is 207 Å². The van der Waals surface area contributed by atoms with E-state index in [9.17, 15) is 35.1 Å². The van der Waals surface area contributed by atoms with Gasteiger partial charge in [0.05, 0.1) is 6.61 Å². The Balaban J connectivity index is 1.53. The molecule has 11 nitrogen and oxygen atoms in total. The number of cyclic esters (lactones) is 1. The van der Waals surface area contributed by atoms with Gasteiger partial charge in [0.1, 0.15) is 37.1 Å². The first-order chi connectivity index (χ1) is 17.0. The lowest BCUT2D eigenvalue weighted by Crippen LogP contribution is -2.59. The maximum absolute atomic E-state index is 12.0. The van der Waals surface area contributed by atoms with E-state index in [1.165, 1.54) is 30.4 Å². The average Bonchev–Trinajstić information content (AvgIpc) is 3.16. The predicted octanol–water partition coefficient (Wildman–Crippen LogP) is 0.686. The van der Waals surface area contributed by atoms with Crippen LogP contribution in [0.3, 0.4) is 0 Å². The Bertz CT molecular complexity index is 1040. The number of phenols is 2. The van der Waals surface area contributed by atoms with E-state index in [1.807, 2.05) is 19.9 Å². The first-order valence-electron chi connectivity index (χ1n) is 11.3. The highest BCUT2D eigenvalue weighted by atomic mass is 16.7. The van der Waals surface area contributed by atoms with Crippen molar-refractivity contribution in [3.63, 3.8) is 0 Å². The van der Waals surface area contributed by atoms with E-state index in [0.29, 0.717) is 17.6 Å². The molecular weight excluding hydrogens is 476 g/mol. The number of aliphatic hydroxyl groups is 3. The Hall–Kier alpha value is -3.22. The number of carbonyl (C=O) groups is 2. The molecule has 1 aromatic rings. The van der Waals surface area contributed by atoms with Crippen LogP contribution in [0.5, 0.6) is 11.5 Å². The van der Waals surface area contributed by atoms with Crippen LogP contribution in [0.2, 0.25) is 0 Å². The van der Waals surface area contributed by atoms with Gasteiger partial charge in [0.25, 0.3) is 0 Å². The molecule has 0 amide bonds. The van der Waals surface area contributed by atoms with Gasteiger partial charge in [-0.2, -0.15) is 0 Å². The molecule has 5 N–H and O–H groups in total. The maximum Gasteiger partial charge on any atom is 0.334 e. The number of ether oxygens (including phenoxy) is 4. The summed E-state index contributed by atoms with van der Waals surface area (Å²) < 4.78 is 21.2. The van der Waals surface area contributed by atoms with E-state index >= 15 is 0 Å². The minimum atomic E-state index is -1.63. The maximum atomic E-state index is 12.0. The highest BCUT2D eigenvalue weighted by Gasteiger charge is 2.44. The van der Waals surface area contributed by atoms with Gasteiger partial charge in [0.2, 0.25) is 0 Å². The zero-order valence-electron chi connectivity index (χ0n) is 19.8. The second-order valence-corrected chi connectivity index (χ2v) is 8.68. The van der Waals surface area contributed by atoms with Crippen LogP contribution in [-0.4, -0.2) is 87.5 Å². The summed E-state index contributed by atoms with van der Waals surface area (Å²) in [6.07, 6.45) is -1.57. The van der Waals surface area contributed by atoms with E-state index < -0.39 is 49.3 Å². The Morgan fingerprint density at radius 1 is 1.11 bits per heavy atom. The lowest BCUT2D eigenvalue weighted by molar-refractivity contribution is -0.299. The highest BCUT2D eigenvalue weighted by molar-refractivity contribution is 5.91. The molecule has 11 heteroatoms. The summed E-state index contributed by atoms with van der Waals surface area (Å²) in [6.45, 7) is 3.20. The third kappa shape index (κ3) is 7.15. The summed E-state index contributed by atoms with van der Waals surface area (Å²) >= 11 is 0. The van der Waals surface area contributed by atoms with Crippen LogP contribution in [0.4, 0.5) is 0 Å². The van der Waals surface area contributed by atoms with E-state index in [4.69, 9.17) is 18.9 Å². The van der Waals surface area contributed by atoms with Gasteiger partial charge in [-0.3, -0.25) is 0 Å².